The number of hydrogen-bond acceptors (Lipinski definition) is 0. The molecule has 0 unspecified atom stereocenters. The van der Waals surface area contributed by atoms with Gasteiger partial charge in [-0.3, -0.25) is 0 Å². The normalized spacial score (nSPS) is 20.6. The summed E-state index contributed by atoms with van der Waals surface area (Å²) in [5.74, 6) is 0. The molecule has 7 heavy (non-hydrogen) atoms. The zero-order chi connectivity index (χ0) is 4.24. The maximum absolute atomic E-state index is 4.18. The smallest absolute Gasteiger partial charge is 0.662 e. The van der Waals surface area contributed by atoms with E-state index in [1.54, 1.807) is 0 Å². The van der Waals surface area contributed by atoms with Crippen molar-refractivity contribution in [3.05, 3.63) is 5.32 Å². The molecule has 0 aromatic carbocycles. The Morgan fingerprint density at radius 1 is 0.857 bits per heavy atom. The molecule has 1 aliphatic rings. The molecule has 0 spiro atoms. The van der Waals surface area contributed by atoms with Gasteiger partial charge in [0, 0.05) is 0 Å². The average molecular weight is 281 g/mol. The molecule has 0 bridgehead atoms. The Hall–Kier alpha value is 0.700. The molecule has 0 radical (unpaired) electrons. The standard InChI is InChI=1S/C5H10N.Au/c1-2-4-6-5-3-1;/h1-5H2;/q-1;+1. The van der Waals surface area contributed by atoms with Gasteiger partial charge in [-0.15, -0.1) is 13.1 Å². The predicted molar refractivity (Wildman–Crippen MR) is 26.9 cm³/mol. The van der Waals surface area contributed by atoms with Crippen LogP contribution in [0, 0.1) is 0 Å². The fraction of sp³-hybridized carbons (Fsp3) is 1.00. The number of piperidine rings is 1. The molecule has 2 heteroatoms. The molecular weight excluding hydrogens is 271 g/mol. The summed E-state index contributed by atoms with van der Waals surface area (Å²) in [7, 11) is 0. The molecule has 0 aliphatic carbocycles. The van der Waals surface area contributed by atoms with E-state index in [0.29, 0.717) is 0 Å². The van der Waals surface area contributed by atoms with Crippen molar-refractivity contribution in [2.24, 2.45) is 0 Å². The largest absolute Gasteiger partial charge is 1.00 e. The molecule has 1 aliphatic heterocycles. The van der Waals surface area contributed by atoms with Gasteiger partial charge in [-0.25, -0.2) is 0 Å². The first-order valence-electron chi connectivity index (χ1n) is 2.63. The Bertz CT molecular complexity index is 23.6. The van der Waals surface area contributed by atoms with Gasteiger partial charge < -0.3 is 5.32 Å². The van der Waals surface area contributed by atoms with Gasteiger partial charge in [0.05, 0.1) is 0 Å². The average Bonchev–Trinajstić information content (AvgIpc) is 1.72. The molecule has 0 aromatic heterocycles. The van der Waals surface area contributed by atoms with Gasteiger partial charge in [0.1, 0.15) is 0 Å². The zero-order valence-electron chi connectivity index (χ0n) is 4.28. The molecule has 1 rings (SSSR count). The summed E-state index contributed by atoms with van der Waals surface area (Å²) in [4.78, 5) is 0. The second-order valence-corrected chi connectivity index (χ2v) is 1.73. The summed E-state index contributed by atoms with van der Waals surface area (Å²) in [6.07, 6.45) is 4.07. The molecule has 1 nitrogen and oxygen atoms in total. The predicted octanol–water partition coefficient (Wildman–Crippen LogP) is 1.54. The molecule has 0 amide bonds. The van der Waals surface area contributed by atoms with Crippen LogP contribution in [0.4, 0.5) is 0 Å². The number of nitrogens with zero attached hydrogens (tertiary/aromatic N) is 1. The number of hydrogen-bond donors (Lipinski definition) is 0. The maximum atomic E-state index is 4.18. The third-order valence-electron chi connectivity index (χ3n) is 1.13. The van der Waals surface area contributed by atoms with E-state index in [2.05, 4.69) is 5.32 Å². The van der Waals surface area contributed by atoms with Crippen LogP contribution in [0.5, 0.6) is 0 Å². The molecule has 1 fully saturated rings. The fourth-order valence-electron chi connectivity index (χ4n) is 0.736. The van der Waals surface area contributed by atoms with Crippen LogP contribution in [0.1, 0.15) is 19.3 Å². The van der Waals surface area contributed by atoms with Crippen molar-refractivity contribution in [2.45, 2.75) is 19.3 Å². The SMILES string of the molecule is C1CC[N-]CC1.[Au+]. The minimum atomic E-state index is 0. The first-order valence-corrected chi connectivity index (χ1v) is 2.63. The van der Waals surface area contributed by atoms with Crippen LogP contribution in [0.2, 0.25) is 0 Å². The molecule has 1 saturated heterocycles. The van der Waals surface area contributed by atoms with Gasteiger partial charge in [-0.1, -0.05) is 19.3 Å². The zero-order valence-corrected chi connectivity index (χ0v) is 6.45. The van der Waals surface area contributed by atoms with E-state index in [4.69, 9.17) is 0 Å². The second kappa shape index (κ2) is 4.85. The minimum Gasteiger partial charge on any atom is -0.662 e. The summed E-state index contributed by atoms with van der Waals surface area (Å²) in [6.45, 7) is 2.25. The van der Waals surface area contributed by atoms with E-state index < -0.39 is 0 Å². The van der Waals surface area contributed by atoms with Crippen molar-refractivity contribution in [3.8, 4) is 0 Å². The van der Waals surface area contributed by atoms with Crippen LogP contribution in [-0.2, 0) is 22.4 Å². The quantitative estimate of drug-likeness (QED) is 0.598. The summed E-state index contributed by atoms with van der Waals surface area (Å²) >= 11 is 0. The van der Waals surface area contributed by atoms with Crippen LogP contribution in [0.3, 0.4) is 0 Å². The Labute approximate surface area is 60.4 Å². The van der Waals surface area contributed by atoms with Crippen LogP contribution < -0.4 is 0 Å². The van der Waals surface area contributed by atoms with Gasteiger partial charge >= 0.3 is 22.4 Å². The van der Waals surface area contributed by atoms with E-state index in [-0.39, 0.29) is 22.4 Å². The van der Waals surface area contributed by atoms with Crippen LogP contribution in [-0.4, -0.2) is 13.1 Å². The molecule has 0 atom stereocenters. The minimum absolute atomic E-state index is 0. The van der Waals surface area contributed by atoms with Crippen molar-refractivity contribution in [2.75, 3.05) is 13.1 Å². The molecular formula is C5H10AuN. The van der Waals surface area contributed by atoms with Crippen LogP contribution in [0.15, 0.2) is 0 Å². The van der Waals surface area contributed by atoms with Crippen molar-refractivity contribution in [1.29, 1.82) is 0 Å². The Morgan fingerprint density at radius 3 is 1.57 bits per heavy atom. The van der Waals surface area contributed by atoms with Crippen molar-refractivity contribution in [3.63, 3.8) is 0 Å². The summed E-state index contributed by atoms with van der Waals surface area (Å²) < 4.78 is 0. The van der Waals surface area contributed by atoms with Gasteiger partial charge in [-0.2, -0.15) is 0 Å². The van der Waals surface area contributed by atoms with Crippen molar-refractivity contribution < 1.29 is 22.4 Å². The fourth-order valence-corrected chi connectivity index (χ4v) is 0.736. The topological polar surface area (TPSA) is 14.1 Å². The van der Waals surface area contributed by atoms with E-state index in [0.717, 1.165) is 13.1 Å². The molecule has 0 aromatic rings. The van der Waals surface area contributed by atoms with Gasteiger partial charge in [0.2, 0.25) is 0 Å². The Morgan fingerprint density at radius 2 is 1.43 bits per heavy atom. The van der Waals surface area contributed by atoms with Crippen molar-refractivity contribution >= 4 is 0 Å². The summed E-state index contributed by atoms with van der Waals surface area (Å²) in [5.41, 5.74) is 0. The first-order chi connectivity index (χ1) is 3.00. The van der Waals surface area contributed by atoms with Gasteiger partial charge in [0.25, 0.3) is 0 Å². The van der Waals surface area contributed by atoms with E-state index >= 15 is 0 Å². The molecule has 0 N–H and O–H groups in total. The third-order valence-corrected chi connectivity index (χ3v) is 1.13. The Kier molecular flexibility index (Phi) is 5.33. The second-order valence-electron chi connectivity index (χ2n) is 1.73. The summed E-state index contributed by atoms with van der Waals surface area (Å²) in [5, 5.41) is 4.18. The third kappa shape index (κ3) is 3.30. The Balaban J connectivity index is 0.000000360. The van der Waals surface area contributed by atoms with E-state index in [1.165, 1.54) is 19.3 Å². The molecule has 0 saturated carbocycles. The molecule has 46 valence electrons. The van der Waals surface area contributed by atoms with Crippen molar-refractivity contribution in [1.82, 2.24) is 0 Å². The number of rotatable bonds is 0. The summed E-state index contributed by atoms with van der Waals surface area (Å²) in [6, 6.07) is 0. The van der Waals surface area contributed by atoms with Crippen LogP contribution >= 0.6 is 0 Å². The van der Waals surface area contributed by atoms with Gasteiger partial charge in [-0.05, 0) is 0 Å². The van der Waals surface area contributed by atoms with E-state index in [9.17, 15) is 0 Å². The monoisotopic (exact) mass is 281 g/mol. The van der Waals surface area contributed by atoms with E-state index in [1.807, 2.05) is 0 Å². The van der Waals surface area contributed by atoms with Gasteiger partial charge in [0.15, 0.2) is 0 Å². The molecule has 1 heterocycles. The first kappa shape index (κ1) is 7.70. The van der Waals surface area contributed by atoms with Crippen LogP contribution in [0.25, 0.3) is 5.32 Å². The maximum Gasteiger partial charge on any atom is 1.00 e.